The molecule has 3 aromatic rings. The molecule has 0 bridgehead atoms. The van der Waals surface area contributed by atoms with Gasteiger partial charge >= 0.3 is 0 Å². The molecule has 0 radical (unpaired) electrons. The van der Waals surface area contributed by atoms with Crippen molar-refractivity contribution in [2.75, 3.05) is 65.2 Å². The van der Waals surface area contributed by atoms with Gasteiger partial charge in [0.15, 0.2) is 5.58 Å². The van der Waals surface area contributed by atoms with Crippen LogP contribution in [-0.4, -0.2) is 85.5 Å². The van der Waals surface area contributed by atoms with E-state index in [-0.39, 0.29) is 5.91 Å². The SMILES string of the molecule is Cc1cc(-c2nc3ccccc3o2)ccc1NC(=O)CN1CCN(CCN(C)C)CC1. The van der Waals surface area contributed by atoms with Crippen molar-refractivity contribution in [2.24, 2.45) is 0 Å². The first-order chi connectivity index (χ1) is 15.0. The van der Waals surface area contributed by atoms with Crippen LogP contribution < -0.4 is 5.32 Å². The Morgan fingerprint density at radius 2 is 1.84 bits per heavy atom. The third kappa shape index (κ3) is 5.50. The Hall–Kier alpha value is -2.74. The summed E-state index contributed by atoms with van der Waals surface area (Å²) in [6, 6.07) is 13.6. The van der Waals surface area contributed by atoms with Crippen LogP contribution >= 0.6 is 0 Å². The van der Waals surface area contributed by atoms with E-state index < -0.39 is 0 Å². The second-order valence-corrected chi connectivity index (χ2v) is 8.49. The summed E-state index contributed by atoms with van der Waals surface area (Å²) >= 11 is 0. The smallest absolute Gasteiger partial charge is 0.238 e. The summed E-state index contributed by atoms with van der Waals surface area (Å²) < 4.78 is 5.86. The third-order valence-electron chi connectivity index (χ3n) is 5.74. The van der Waals surface area contributed by atoms with Gasteiger partial charge in [-0.25, -0.2) is 4.98 Å². The quantitative estimate of drug-likeness (QED) is 0.633. The number of carbonyl (C=O) groups is 1. The number of carbonyl (C=O) groups excluding carboxylic acids is 1. The van der Waals surface area contributed by atoms with Crippen molar-refractivity contribution in [2.45, 2.75) is 6.92 Å². The van der Waals surface area contributed by atoms with Crippen LogP contribution in [0.5, 0.6) is 0 Å². The van der Waals surface area contributed by atoms with E-state index in [0.717, 1.165) is 67.2 Å². The number of aryl methyl sites for hydroxylation is 1. The number of likely N-dealkylation sites (N-methyl/N-ethyl adjacent to an activating group) is 1. The molecule has 0 aliphatic carbocycles. The molecule has 0 atom stereocenters. The lowest BCUT2D eigenvalue weighted by Gasteiger charge is -2.34. The lowest BCUT2D eigenvalue weighted by Crippen LogP contribution is -2.49. The van der Waals surface area contributed by atoms with Crippen LogP contribution in [0.2, 0.25) is 0 Å². The number of oxazole rings is 1. The number of hydrogen-bond acceptors (Lipinski definition) is 6. The molecule has 1 aromatic heterocycles. The maximum absolute atomic E-state index is 12.6. The normalized spacial score (nSPS) is 15.6. The maximum atomic E-state index is 12.6. The number of anilines is 1. The highest BCUT2D eigenvalue weighted by Crippen LogP contribution is 2.27. The van der Waals surface area contributed by atoms with E-state index >= 15 is 0 Å². The minimum Gasteiger partial charge on any atom is -0.436 e. The van der Waals surface area contributed by atoms with Gasteiger partial charge < -0.3 is 14.6 Å². The van der Waals surface area contributed by atoms with E-state index in [0.29, 0.717) is 12.4 Å². The van der Waals surface area contributed by atoms with Crippen molar-refractivity contribution in [3.63, 3.8) is 0 Å². The Kier molecular flexibility index (Phi) is 6.65. The fourth-order valence-corrected chi connectivity index (χ4v) is 3.84. The predicted molar refractivity (Wildman–Crippen MR) is 124 cm³/mol. The second kappa shape index (κ2) is 9.60. The Morgan fingerprint density at radius 3 is 2.55 bits per heavy atom. The van der Waals surface area contributed by atoms with E-state index in [4.69, 9.17) is 4.42 Å². The average Bonchev–Trinajstić information content (AvgIpc) is 3.19. The number of nitrogens with zero attached hydrogens (tertiary/aromatic N) is 4. The van der Waals surface area contributed by atoms with Crippen LogP contribution in [0.25, 0.3) is 22.6 Å². The van der Waals surface area contributed by atoms with E-state index in [1.54, 1.807) is 0 Å². The van der Waals surface area contributed by atoms with Crippen molar-refractivity contribution < 1.29 is 9.21 Å². The molecular weight excluding hydrogens is 390 g/mol. The van der Waals surface area contributed by atoms with Gasteiger partial charge in [0.25, 0.3) is 0 Å². The van der Waals surface area contributed by atoms with E-state index in [1.807, 2.05) is 49.4 Å². The summed E-state index contributed by atoms with van der Waals surface area (Å²) in [6.07, 6.45) is 0. The molecule has 31 heavy (non-hydrogen) atoms. The fourth-order valence-electron chi connectivity index (χ4n) is 3.84. The minimum atomic E-state index is 0.0273. The average molecular weight is 422 g/mol. The molecule has 2 aromatic carbocycles. The molecule has 1 aliphatic heterocycles. The van der Waals surface area contributed by atoms with Crippen LogP contribution in [-0.2, 0) is 4.79 Å². The highest BCUT2D eigenvalue weighted by molar-refractivity contribution is 5.93. The van der Waals surface area contributed by atoms with Crippen LogP contribution in [0.3, 0.4) is 0 Å². The summed E-state index contributed by atoms with van der Waals surface area (Å²) in [4.78, 5) is 24.0. The molecule has 164 valence electrons. The number of rotatable bonds is 7. The summed E-state index contributed by atoms with van der Waals surface area (Å²) in [5, 5.41) is 3.06. The number of benzene rings is 2. The summed E-state index contributed by atoms with van der Waals surface area (Å²) in [6.45, 7) is 8.45. The first-order valence-corrected chi connectivity index (χ1v) is 10.8. The van der Waals surface area contributed by atoms with Gasteiger partial charge in [-0.3, -0.25) is 14.6 Å². The van der Waals surface area contributed by atoms with Crippen LogP contribution in [0, 0.1) is 6.92 Å². The second-order valence-electron chi connectivity index (χ2n) is 8.49. The van der Waals surface area contributed by atoms with Gasteiger partial charge in [0.2, 0.25) is 11.8 Å². The standard InChI is InChI=1S/C24H31N5O2/c1-18-16-19(24-26-21-6-4-5-7-22(21)31-24)8-9-20(18)25-23(30)17-29-14-12-28(13-15-29)11-10-27(2)3/h4-9,16H,10-15,17H2,1-3H3,(H,25,30). The number of amides is 1. The van der Waals surface area contributed by atoms with Crippen molar-refractivity contribution in [3.8, 4) is 11.5 Å². The number of hydrogen-bond donors (Lipinski definition) is 1. The zero-order valence-electron chi connectivity index (χ0n) is 18.6. The first-order valence-electron chi connectivity index (χ1n) is 10.8. The van der Waals surface area contributed by atoms with Crippen molar-refractivity contribution in [1.82, 2.24) is 19.7 Å². The van der Waals surface area contributed by atoms with E-state index in [1.165, 1.54) is 0 Å². The van der Waals surface area contributed by atoms with Gasteiger partial charge in [0, 0.05) is 50.5 Å². The summed E-state index contributed by atoms with van der Waals surface area (Å²) in [5.74, 6) is 0.619. The lowest BCUT2D eigenvalue weighted by atomic mass is 10.1. The topological polar surface area (TPSA) is 64.9 Å². The molecule has 1 fully saturated rings. The molecule has 1 saturated heterocycles. The molecule has 0 saturated carbocycles. The molecule has 1 aliphatic rings. The monoisotopic (exact) mass is 421 g/mol. The molecular formula is C24H31N5O2. The molecule has 1 N–H and O–H groups in total. The number of fused-ring (bicyclic) bond motifs is 1. The van der Waals surface area contributed by atoms with Gasteiger partial charge in [-0.2, -0.15) is 0 Å². The predicted octanol–water partition coefficient (Wildman–Crippen LogP) is 2.92. The molecule has 1 amide bonds. The Bertz CT molecular complexity index is 1000. The van der Waals surface area contributed by atoms with Crippen molar-refractivity contribution >= 4 is 22.7 Å². The minimum absolute atomic E-state index is 0.0273. The first kappa shape index (κ1) is 21.5. The van der Waals surface area contributed by atoms with Crippen LogP contribution in [0.4, 0.5) is 5.69 Å². The zero-order valence-corrected chi connectivity index (χ0v) is 18.6. The van der Waals surface area contributed by atoms with Crippen molar-refractivity contribution in [3.05, 3.63) is 48.0 Å². The van der Waals surface area contributed by atoms with Gasteiger partial charge in [0.1, 0.15) is 5.52 Å². The molecule has 7 nitrogen and oxygen atoms in total. The highest BCUT2D eigenvalue weighted by Gasteiger charge is 2.19. The Labute approximate surface area is 183 Å². The molecule has 4 rings (SSSR count). The highest BCUT2D eigenvalue weighted by atomic mass is 16.3. The lowest BCUT2D eigenvalue weighted by molar-refractivity contribution is -0.117. The van der Waals surface area contributed by atoms with Crippen LogP contribution in [0.1, 0.15) is 5.56 Å². The summed E-state index contributed by atoms with van der Waals surface area (Å²) in [7, 11) is 4.20. The van der Waals surface area contributed by atoms with Crippen LogP contribution in [0.15, 0.2) is 46.9 Å². The molecule has 0 unspecified atom stereocenters. The largest absolute Gasteiger partial charge is 0.436 e. The number of aromatic nitrogens is 1. The maximum Gasteiger partial charge on any atom is 0.238 e. The Balaban J connectivity index is 1.32. The molecule has 7 heteroatoms. The zero-order chi connectivity index (χ0) is 21.8. The fraction of sp³-hybridized carbons (Fsp3) is 0.417. The molecule has 2 heterocycles. The van der Waals surface area contributed by atoms with Crippen molar-refractivity contribution in [1.29, 1.82) is 0 Å². The van der Waals surface area contributed by atoms with Gasteiger partial charge in [0.05, 0.1) is 6.54 Å². The van der Waals surface area contributed by atoms with Gasteiger partial charge in [-0.1, -0.05) is 12.1 Å². The summed E-state index contributed by atoms with van der Waals surface area (Å²) in [5.41, 5.74) is 4.33. The number of para-hydroxylation sites is 2. The third-order valence-corrected chi connectivity index (χ3v) is 5.74. The van der Waals surface area contributed by atoms with Gasteiger partial charge in [-0.05, 0) is 56.9 Å². The van der Waals surface area contributed by atoms with E-state index in [2.05, 4.69) is 39.1 Å². The van der Waals surface area contributed by atoms with E-state index in [9.17, 15) is 4.79 Å². The van der Waals surface area contributed by atoms with Gasteiger partial charge in [-0.15, -0.1) is 0 Å². The number of piperazine rings is 1. The Morgan fingerprint density at radius 1 is 1.10 bits per heavy atom. The molecule has 0 spiro atoms. The number of nitrogens with one attached hydrogen (secondary N) is 1.